The Labute approximate surface area is 145 Å². The maximum Gasteiger partial charge on any atom is 0.417 e. The number of hydrogen-bond donors (Lipinski definition) is 0. The first-order chi connectivity index (χ1) is 12.1. The molecule has 3 nitrogen and oxygen atoms in total. The van der Waals surface area contributed by atoms with E-state index in [9.17, 15) is 26.3 Å². The molecular formula is C17H14F6N2O. The van der Waals surface area contributed by atoms with E-state index < -0.39 is 23.5 Å². The number of rotatable bonds is 3. The first kappa shape index (κ1) is 18.3. The minimum Gasteiger partial charge on any atom is -0.489 e. The molecule has 140 valence electrons. The lowest BCUT2D eigenvalue weighted by atomic mass is 10.2. The Kier molecular flexibility index (Phi) is 4.72. The van der Waals surface area contributed by atoms with E-state index in [1.807, 2.05) is 0 Å². The highest BCUT2D eigenvalue weighted by molar-refractivity contribution is 5.41. The van der Waals surface area contributed by atoms with Gasteiger partial charge in [-0.2, -0.15) is 26.3 Å². The van der Waals surface area contributed by atoms with Gasteiger partial charge in [0.2, 0.25) is 0 Å². The maximum absolute atomic E-state index is 12.6. The smallest absolute Gasteiger partial charge is 0.417 e. The summed E-state index contributed by atoms with van der Waals surface area (Å²) in [4.78, 5) is 5.61. The standard InChI is InChI=1S/C17H14F6N2O/c18-16(19,20)11-1-4-13(5-2-11)26-14-7-8-25(10-14)15-6-3-12(9-24-15)17(21,22)23/h1-6,9,14H,7-8,10H2. The van der Waals surface area contributed by atoms with Gasteiger partial charge in [0.15, 0.2) is 0 Å². The van der Waals surface area contributed by atoms with Crippen molar-refractivity contribution in [1.82, 2.24) is 4.98 Å². The SMILES string of the molecule is FC(F)(F)c1ccc(OC2CCN(c3ccc(C(F)(F)F)cn3)C2)cc1. The number of aromatic nitrogens is 1. The van der Waals surface area contributed by atoms with Crippen LogP contribution in [0.15, 0.2) is 42.6 Å². The van der Waals surface area contributed by atoms with E-state index in [-0.39, 0.29) is 6.10 Å². The minimum atomic E-state index is -4.44. The van der Waals surface area contributed by atoms with Crippen molar-refractivity contribution in [3.05, 3.63) is 53.7 Å². The minimum absolute atomic E-state index is 0.282. The van der Waals surface area contributed by atoms with Gasteiger partial charge >= 0.3 is 12.4 Å². The van der Waals surface area contributed by atoms with Crippen LogP contribution in [0, 0.1) is 0 Å². The molecule has 3 rings (SSSR count). The zero-order chi connectivity index (χ0) is 18.9. The number of ether oxygens (including phenoxy) is 1. The van der Waals surface area contributed by atoms with Crippen molar-refractivity contribution in [2.45, 2.75) is 24.9 Å². The van der Waals surface area contributed by atoms with Crippen LogP contribution in [0.2, 0.25) is 0 Å². The fraction of sp³-hybridized carbons (Fsp3) is 0.353. The molecular weight excluding hydrogens is 362 g/mol. The normalized spacial score (nSPS) is 18.2. The first-order valence-corrected chi connectivity index (χ1v) is 7.75. The summed E-state index contributed by atoms with van der Waals surface area (Å²) < 4.78 is 81.0. The van der Waals surface area contributed by atoms with Crippen molar-refractivity contribution in [3.8, 4) is 5.75 Å². The van der Waals surface area contributed by atoms with Crippen LogP contribution in [0.3, 0.4) is 0 Å². The predicted octanol–water partition coefficient (Wildman–Crippen LogP) is 4.78. The van der Waals surface area contributed by atoms with E-state index in [1.165, 1.54) is 18.2 Å². The molecule has 1 fully saturated rings. The van der Waals surface area contributed by atoms with Crippen LogP contribution in [-0.4, -0.2) is 24.2 Å². The second kappa shape index (κ2) is 6.69. The van der Waals surface area contributed by atoms with Crippen LogP contribution in [0.1, 0.15) is 17.5 Å². The first-order valence-electron chi connectivity index (χ1n) is 7.75. The van der Waals surface area contributed by atoms with Crippen LogP contribution in [0.4, 0.5) is 32.2 Å². The molecule has 1 atom stereocenters. The number of pyridine rings is 1. The molecule has 0 bridgehead atoms. The molecule has 2 heterocycles. The molecule has 0 N–H and O–H groups in total. The lowest BCUT2D eigenvalue weighted by molar-refractivity contribution is -0.138. The van der Waals surface area contributed by atoms with Gasteiger partial charge in [0.05, 0.1) is 17.7 Å². The molecule has 26 heavy (non-hydrogen) atoms. The summed E-state index contributed by atoms with van der Waals surface area (Å²) in [5.41, 5.74) is -1.58. The zero-order valence-electron chi connectivity index (χ0n) is 13.3. The average Bonchev–Trinajstić information content (AvgIpc) is 3.02. The summed E-state index contributed by atoms with van der Waals surface area (Å²) in [5, 5.41) is 0. The summed E-state index contributed by atoms with van der Waals surface area (Å²) in [6.07, 6.45) is -7.76. The lowest BCUT2D eigenvalue weighted by Gasteiger charge is -2.19. The van der Waals surface area contributed by atoms with Crippen LogP contribution >= 0.6 is 0 Å². The van der Waals surface area contributed by atoms with Gasteiger partial charge in [-0.1, -0.05) is 0 Å². The van der Waals surface area contributed by atoms with Crippen LogP contribution in [0.25, 0.3) is 0 Å². The van der Waals surface area contributed by atoms with E-state index in [1.54, 1.807) is 4.90 Å². The molecule has 1 aromatic carbocycles. The van der Waals surface area contributed by atoms with Gasteiger partial charge in [0, 0.05) is 19.2 Å². The van der Waals surface area contributed by atoms with Gasteiger partial charge in [-0.3, -0.25) is 0 Å². The molecule has 0 aliphatic carbocycles. The molecule has 1 aliphatic rings. The number of benzene rings is 1. The monoisotopic (exact) mass is 376 g/mol. The van der Waals surface area contributed by atoms with Crippen LogP contribution in [-0.2, 0) is 12.4 Å². The topological polar surface area (TPSA) is 25.4 Å². The second-order valence-corrected chi connectivity index (χ2v) is 5.90. The summed E-state index contributed by atoms with van der Waals surface area (Å²) >= 11 is 0. The number of anilines is 1. The predicted molar refractivity (Wildman–Crippen MR) is 81.9 cm³/mol. The summed E-state index contributed by atoms with van der Waals surface area (Å²) in [6, 6.07) is 6.65. The third-order valence-corrected chi connectivity index (χ3v) is 4.03. The van der Waals surface area contributed by atoms with Gasteiger partial charge in [0.25, 0.3) is 0 Å². The molecule has 1 unspecified atom stereocenters. The second-order valence-electron chi connectivity index (χ2n) is 5.90. The maximum atomic E-state index is 12.6. The number of halogens is 6. The van der Waals surface area contributed by atoms with Crippen molar-refractivity contribution in [2.75, 3.05) is 18.0 Å². The highest BCUT2D eigenvalue weighted by Gasteiger charge is 2.32. The van der Waals surface area contributed by atoms with Gasteiger partial charge in [-0.25, -0.2) is 4.98 Å². The number of alkyl halides is 6. The quantitative estimate of drug-likeness (QED) is 0.721. The Morgan fingerprint density at radius 3 is 2.04 bits per heavy atom. The van der Waals surface area contributed by atoms with Crippen molar-refractivity contribution in [1.29, 1.82) is 0 Å². The van der Waals surface area contributed by atoms with E-state index in [2.05, 4.69) is 4.98 Å². The van der Waals surface area contributed by atoms with Crippen molar-refractivity contribution < 1.29 is 31.1 Å². The highest BCUT2D eigenvalue weighted by atomic mass is 19.4. The van der Waals surface area contributed by atoms with E-state index >= 15 is 0 Å². The van der Waals surface area contributed by atoms with E-state index in [4.69, 9.17) is 4.74 Å². The number of hydrogen-bond acceptors (Lipinski definition) is 3. The third-order valence-electron chi connectivity index (χ3n) is 4.03. The van der Waals surface area contributed by atoms with E-state index in [0.717, 1.165) is 24.4 Å². The molecule has 0 spiro atoms. The van der Waals surface area contributed by atoms with Crippen molar-refractivity contribution in [2.24, 2.45) is 0 Å². The molecule has 1 saturated heterocycles. The molecule has 1 aliphatic heterocycles. The van der Waals surface area contributed by atoms with Gasteiger partial charge < -0.3 is 9.64 Å². The zero-order valence-corrected chi connectivity index (χ0v) is 13.3. The molecule has 0 radical (unpaired) electrons. The van der Waals surface area contributed by atoms with E-state index in [0.29, 0.717) is 31.1 Å². The Bertz CT molecular complexity index is 740. The molecule has 0 amide bonds. The Balaban J connectivity index is 1.60. The van der Waals surface area contributed by atoms with Gasteiger partial charge in [0.1, 0.15) is 17.7 Å². The third kappa shape index (κ3) is 4.20. The Hall–Kier alpha value is -2.45. The average molecular weight is 376 g/mol. The fourth-order valence-corrected chi connectivity index (χ4v) is 2.69. The summed E-state index contributed by atoms with van der Waals surface area (Å²) in [7, 11) is 0. The van der Waals surface area contributed by atoms with Crippen molar-refractivity contribution >= 4 is 5.82 Å². The molecule has 2 aromatic rings. The van der Waals surface area contributed by atoms with Gasteiger partial charge in [-0.15, -0.1) is 0 Å². The lowest BCUT2D eigenvalue weighted by Crippen LogP contribution is -2.25. The molecule has 0 saturated carbocycles. The molecule has 1 aromatic heterocycles. The largest absolute Gasteiger partial charge is 0.489 e. The van der Waals surface area contributed by atoms with Crippen LogP contribution in [0.5, 0.6) is 5.75 Å². The van der Waals surface area contributed by atoms with Gasteiger partial charge in [-0.05, 0) is 36.4 Å². The Morgan fingerprint density at radius 2 is 1.50 bits per heavy atom. The van der Waals surface area contributed by atoms with Crippen molar-refractivity contribution in [3.63, 3.8) is 0 Å². The Morgan fingerprint density at radius 1 is 0.885 bits per heavy atom. The number of nitrogens with zero attached hydrogens (tertiary/aromatic N) is 2. The van der Waals surface area contributed by atoms with Crippen LogP contribution < -0.4 is 9.64 Å². The molecule has 9 heteroatoms. The summed E-state index contributed by atoms with van der Waals surface area (Å²) in [5.74, 6) is 0.710. The summed E-state index contributed by atoms with van der Waals surface area (Å²) in [6.45, 7) is 0.920. The fourth-order valence-electron chi connectivity index (χ4n) is 2.69. The highest BCUT2D eigenvalue weighted by Crippen LogP contribution is 2.32.